The Balaban J connectivity index is 2.48. The Morgan fingerprint density at radius 2 is 1.83 bits per heavy atom. The van der Waals surface area contributed by atoms with E-state index in [-0.39, 0.29) is 16.7 Å². The summed E-state index contributed by atoms with van der Waals surface area (Å²) in [5, 5.41) is 0. The molecule has 1 atom stereocenters. The first-order valence-electron chi connectivity index (χ1n) is 8.73. The molecule has 0 N–H and O–H groups in total. The highest BCUT2D eigenvalue weighted by molar-refractivity contribution is 8.01. The molecule has 0 aromatic rings. The summed E-state index contributed by atoms with van der Waals surface area (Å²) in [6.45, 7) is 14.2. The van der Waals surface area contributed by atoms with Crippen LogP contribution in [0.1, 0.15) is 54.4 Å². The van der Waals surface area contributed by atoms with Crippen LogP contribution in [0.25, 0.3) is 0 Å². The molecule has 2 amide bonds. The van der Waals surface area contributed by atoms with Crippen LogP contribution in [-0.2, 0) is 9.53 Å². The van der Waals surface area contributed by atoms with E-state index >= 15 is 0 Å². The van der Waals surface area contributed by atoms with Gasteiger partial charge in [0.1, 0.15) is 5.60 Å². The van der Waals surface area contributed by atoms with Crippen molar-refractivity contribution in [3.63, 3.8) is 0 Å². The van der Waals surface area contributed by atoms with E-state index in [0.717, 1.165) is 25.9 Å². The molecule has 1 unspecified atom stereocenters. The fourth-order valence-electron chi connectivity index (χ4n) is 2.61. The van der Waals surface area contributed by atoms with Gasteiger partial charge in [-0.3, -0.25) is 4.79 Å². The Kier molecular flexibility index (Phi) is 7.44. The number of rotatable bonds is 4. The largest absolute Gasteiger partial charge is 0.444 e. The van der Waals surface area contributed by atoms with Crippen LogP contribution in [0.2, 0.25) is 0 Å². The number of ether oxygens (including phenoxy) is 1. The van der Waals surface area contributed by atoms with Crippen molar-refractivity contribution in [3.8, 4) is 0 Å². The smallest absolute Gasteiger partial charge is 0.410 e. The van der Waals surface area contributed by atoms with Crippen LogP contribution >= 0.6 is 11.8 Å². The normalized spacial score (nSPS) is 19.1. The Bertz CT molecular complexity index is 441. The molecule has 0 spiro atoms. The predicted octanol–water partition coefficient (Wildman–Crippen LogP) is 3.62. The third-order valence-electron chi connectivity index (χ3n) is 3.74. The number of carbonyl (C=O) groups is 2. The summed E-state index contributed by atoms with van der Waals surface area (Å²) in [4.78, 5) is 28.1. The molecule has 1 aliphatic heterocycles. The third-order valence-corrected chi connectivity index (χ3v) is 4.99. The summed E-state index contributed by atoms with van der Waals surface area (Å²) in [7, 11) is 1.77. The molecule has 0 aromatic carbocycles. The predicted molar refractivity (Wildman–Crippen MR) is 100 cm³/mol. The van der Waals surface area contributed by atoms with Crippen LogP contribution in [0.5, 0.6) is 0 Å². The SMILES string of the molecule is CN(CC1CCCN(C(=O)CSC(C)(C)C)C1)C(=O)OC(C)(C)C. The topological polar surface area (TPSA) is 49.9 Å². The molecule has 140 valence electrons. The van der Waals surface area contributed by atoms with E-state index in [1.54, 1.807) is 23.7 Å². The van der Waals surface area contributed by atoms with Crippen LogP contribution in [0.3, 0.4) is 0 Å². The van der Waals surface area contributed by atoms with Crippen LogP contribution in [0, 0.1) is 5.92 Å². The standard InChI is InChI=1S/C18H34N2O3S/c1-17(2,3)23-16(22)19(7)11-14-9-8-10-20(12-14)15(21)13-24-18(4,5)6/h14H,8-13H2,1-7H3. The number of nitrogens with zero attached hydrogens (tertiary/aromatic N) is 2. The summed E-state index contributed by atoms with van der Waals surface area (Å²) >= 11 is 1.69. The lowest BCUT2D eigenvalue weighted by molar-refractivity contribution is -0.130. The van der Waals surface area contributed by atoms with Crippen LogP contribution in [0.15, 0.2) is 0 Å². The Labute approximate surface area is 151 Å². The van der Waals surface area contributed by atoms with Gasteiger partial charge in [-0.1, -0.05) is 20.8 Å². The van der Waals surface area contributed by atoms with Gasteiger partial charge in [0, 0.05) is 31.4 Å². The highest BCUT2D eigenvalue weighted by Crippen LogP contribution is 2.25. The van der Waals surface area contributed by atoms with Crippen molar-refractivity contribution in [2.24, 2.45) is 5.92 Å². The first-order valence-corrected chi connectivity index (χ1v) is 9.72. The van der Waals surface area contributed by atoms with E-state index in [2.05, 4.69) is 20.8 Å². The van der Waals surface area contributed by atoms with Gasteiger partial charge in [0.15, 0.2) is 0 Å². The van der Waals surface area contributed by atoms with Crippen molar-refractivity contribution in [3.05, 3.63) is 0 Å². The second-order valence-electron chi connectivity index (χ2n) is 8.61. The molecule has 1 aliphatic rings. The molecule has 1 saturated heterocycles. The molecular formula is C18H34N2O3S. The first-order chi connectivity index (χ1) is 10.9. The van der Waals surface area contributed by atoms with E-state index in [9.17, 15) is 9.59 Å². The minimum atomic E-state index is -0.482. The van der Waals surface area contributed by atoms with Crippen LogP contribution < -0.4 is 0 Å². The summed E-state index contributed by atoms with van der Waals surface area (Å²) in [6.07, 6.45) is 1.75. The van der Waals surface area contributed by atoms with E-state index in [1.165, 1.54) is 0 Å². The Hall–Kier alpha value is -0.910. The van der Waals surface area contributed by atoms with Crippen molar-refractivity contribution in [1.82, 2.24) is 9.80 Å². The van der Waals surface area contributed by atoms with E-state index in [4.69, 9.17) is 4.74 Å². The zero-order valence-electron chi connectivity index (χ0n) is 16.3. The van der Waals surface area contributed by atoms with Crippen LogP contribution in [-0.4, -0.2) is 64.6 Å². The second kappa shape index (κ2) is 8.45. The Morgan fingerprint density at radius 1 is 1.21 bits per heavy atom. The van der Waals surface area contributed by atoms with E-state index < -0.39 is 5.60 Å². The number of thioether (sulfide) groups is 1. The molecular weight excluding hydrogens is 324 g/mol. The molecule has 1 fully saturated rings. The molecule has 24 heavy (non-hydrogen) atoms. The number of piperidine rings is 1. The van der Waals surface area contributed by atoms with Gasteiger partial charge in [-0.2, -0.15) is 0 Å². The van der Waals surface area contributed by atoms with Gasteiger partial charge >= 0.3 is 6.09 Å². The molecule has 0 bridgehead atoms. The maximum Gasteiger partial charge on any atom is 0.410 e. The molecule has 0 aliphatic carbocycles. The molecule has 1 rings (SSSR count). The lowest BCUT2D eigenvalue weighted by Gasteiger charge is -2.35. The third kappa shape index (κ3) is 8.27. The van der Waals surface area contributed by atoms with Gasteiger partial charge in [-0.15, -0.1) is 11.8 Å². The summed E-state index contributed by atoms with van der Waals surface area (Å²) in [5.74, 6) is 1.05. The fraction of sp³-hybridized carbons (Fsp3) is 0.889. The molecule has 0 saturated carbocycles. The number of hydrogen-bond donors (Lipinski definition) is 0. The number of amides is 2. The van der Waals surface area contributed by atoms with Gasteiger partial charge in [-0.25, -0.2) is 4.79 Å². The lowest BCUT2D eigenvalue weighted by Crippen LogP contribution is -2.45. The monoisotopic (exact) mass is 358 g/mol. The van der Waals surface area contributed by atoms with Gasteiger partial charge in [-0.05, 0) is 39.5 Å². The average Bonchev–Trinajstić information content (AvgIpc) is 2.42. The van der Waals surface area contributed by atoms with Crippen molar-refractivity contribution >= 4 is 23.8 Å². The molecule has 0 radical (unpaired) electrons. The van der Waals surface area contributed by atoms with E-state index in [0.29, 0.717) is 18.2 Å². The highest BCUT2D eigenvalue weighted by Gasteiger charge is 2.27. The fourth-order valence-corrected chi connectivity index (χ4v) is 3.35. The zero-order chi connectivity index (χ0) is 18.5. The van der Waals surface area contributed by atoms with Gasteiger partial charge in [0.25, 0.3) is 0 Å². The average molecular weight is 359 g/mol. The summed E-state index contributed by atoms with van der Waals surface area (Å²) in [6, 6.07) is 0. The molecule has 6 heteroatoms. The summed E-state index contributed by atoms with van der Waals surface area (Å²) in [5.41, 5.74) is -0.482. The van der Waals surface area contributed by atoms with Gasteiger partial charge < -0.3 is 14.5 Å². The van der Waals surface area contributed by atoms with Crippen LogP contribution in [0.4, 0.5) is 4.79 Å². The maximum atomic E-state index is 12.4. The Morgan fingerprint density at radius 3 is 2.38 bits per heavy atom. The van der Waals surface area contributed by atoms with E-state index in [1.807, 2.05) is 25.7 Å². The van der Waals surface area contributed by atoms with Gasteiger partial charge in [0.05, 0.1) is 5.75 Å². The lowest BCUT2D eigenvalue weighted by atomic mass is 9.97. The summed E-state index contributed by atoms with van der Waals surface area (Å²) < 4.78 is 5.49. The highest BCUT2D eigenvalue weighted by atomic mass is 32.2. The van der Waals surface area contributed by atoms with Crippen molar-refractivity contribution in [2.45, 2.75) is 64.7 Å². The van der Waals surface area contributed by atoms with Gasteiger partial charge in [0.2, 0.25) is 5.91 Å². The van der Waals surface area contributed by atoms with Crippen molar-refractivity contribution < 1.29 is 14.3 Å². The number of hydrogen-bond acceptors (Lipinski definition) is 4. The number of carbonyl (C=O) groups excluding carboxylic acids is 2. The van der Waals surface area contributed by atoms with Crippen molar-refractivity contribution in [1.29, 1.82) is 0 Å². The molecule has 0 aromatic heterocycles. The van der Waals surface area contributed by atoms with Crippen molar-refractivity contribution in [2.75, 3.05) is 32.4 Å². The first kappa shape index (κ1) is 21.1. The zero-order valence-corrected chi connectivity index (χ0v) is 17.2. The quantitative estimate of drug-likeness (QED) is 0.770. The minimum absolute atomic E-state index is 0.0990. The molecule has 5 nitrogen and oxygen atoms in total. The second-order valence-corrected chi connectivity index (χ2v) is 10.4. The maximum absolute atomic E-state index is 12.4. The molecule has 1 heterocycles. The number of likely N-dealkylation sites (tertiary alicyclic amines) is 1. The minimum Gasteiger partial charge on any atom is -0.444 e.